The number of hydrogen-bond acceptors (Lipinski definition) is 3. The molecular formula is C24H30N2O3. The molecule has 0 spiro atoms. The Hall–Kier alpha value is -2.66. The molecule has 0 radical (unpaired) electrons. The molecule has 2 aromatic rings. The zero-order valence-corrected chi connectivity index (χ0v) is 17.5. The van der Waals surface area contributed by atoms with E-state index in [4.69, 9.17) is 4.74 Å². The Kier molecular flexibility index (Phi) is 6.70. The summed E-state index contributed by atoms with van der Waals surface area (Å²) in [4.78, 5) is 27.3. The van der Waals surface area contributed by atoms with Crippen molar-refractivity contribution < 1.29 is 14.3 Å². The zero-order valence-electron chi connectivity index (χ0n) is 17.5. The van der Waals surface area contributed by atoms with Crippen molar-refractivity contribution in [2.45, 2.75) is 32.3 Å². The highest BCUT2D eigenvalue weighted by Gasteiger charge is 2.44. The second-order valence-corrected chi connectivity index (χ2v) is 8.08. The summed E-state index contributed by atoms with van der Waals surface area (Å²) in [6.45, 7) is 5.20. The van der Waals surface area contributed by atoms with Crippen molar-refractivity contribution in [2.75, 3.05) is 26.7 Å². The lowest BCUT2D eigenvalue weighted by atomic mass is 9.89. The number of ether oxygens (including phenoxy) is 1. The van der Waals surface area contributed by atoms with E-state index in [0.717, 1.165) is 16.7 Å². The molecule has 29 heavy (non-hydrogen) atoms. The monoisotopic (exact) mass is 394 g/mol. The molecule has 0 aliphatic carbocycles. The first-order valence-corrected chi connectivity index (χ1v) is 10.2. The van der Waals surface area contributed by atoms with E-state index in [-0.39, 0.29) is 24.3 Å². The van der Waals surface area contributed by atoms with Crippen LogP contribution in [-0.4, -0.2) is 49.1 Å². The van der Waals surface area contributed by atoms with Crippen molar-refractivity contribution in [1.29, 1.82) is 0 Å². The zero-order chi connectivity index (χ0) is 20.9. The largest absolute Gasteiger partial charge is 0.361 e. The molecule has 2 aromatic carbocycles. The van der Waals surface area contributed by atoms with Crippen molar-refractivity contribution in [3.8, 4) is 11.1 Å². The predicted molar refractivity (Wildman–Crippen MR) is 114 cm³/mol. The molecule has 5 heteroatoms. The highest BCUT2D eigenvalue weighted by Crippen LogP contribution is 2.27. The van der Waals surface area contributed by atoms with E-state index in [1.165, 1.54) is 0 Å². The van der Waals surface area contributed by atoms with Crippen molar-refractivity contribution in [3.05, 3.63) is 60.2 Å². The molecule has 0 aromatic heterocycles. The van der Waals surface area contributed by atoms with Gasteiger partial charge < -0.3 is 15.0 Å². The van der Waals surface area contributed by atoms with Crippen molar-refractivity contribution in [1.82, 2.24) is 10.2 Å². The van der Waals surface area contributed by atoms with Gasteiger partial charge in [-0.15, -0.1) is 0 Å². The number of nitrogens with zero attached hydrogens (tertiary/aromatic N) is 1. The molecule has 1 aliphatic heterocycles. The lowest BCUT2D eigenvalue weighted by Crippen LogP contribution is -2.61. The van der Waals surface area contributed by atoms with Crippen LogP contribution in [0.15, 0.2) is 54.6 Å². The van der Waals surface area contributed by atoms with Gasteiger partial charge in [0, 0.05) is 26.4 Å². The fraction of sp³-hybridized carbons (Fsp3) is 0.417. The van der Waals surface area contributed by atoms with Crippen LogP contribution in [-0.2, 0) is 20.7 Å². The first-order chi connectivity index (χ1) is 13.9. The number of likely N-dealkylation sites (N-methyl/N-ethyl adjacent to an activating group) is 1. The molecule has 1 saturated heterocycles. The van der Waals surface area contributed by atoms with Crippen LogP contribution < -0.4 is 5.32 Å². The van der Waals surface area contributed by atoms with Gasteiger partial charge in [-0.05, 0) is 22.6 Å². The van der Waals surface area contributed by atoms with Crippen molar-refractivity contribution >= 4 is 11.8 Å². The van der Waals surface area contributed by atoms with Crippen LogP contribution in [0.2, 0.25) is 0 Å². The first-order valence-electron chi connectivity index (χ1n) is 10.2. The summed E-state index contributed by atoms with van der Waals surface area (Å²) in [5, 5.41) is 2.74. The number of carbonyl (C=O) groups excluding carboxylic acids is 2. The molecule has 1 N–H and O–H groups in total. The fourth-order valence-corrected chi connectivity index (χ4v) is 3.85. The van der Waals surface area contributed by atoms with E-state index in [1.807, 2.05) is 44.2 Å². The predicted octanol–water partition coefficient (Wildman–Crippen LogP) is 3.29. The van der Waals surface area contributed by atoms with Crippen LogP contribution in [0.3, 0.4) is 0 Å². The molecule has 1 atom stereocenters. The average molecular weight is 395 g/mol. The molecule has 0 unspecified atom stereocenters. The maximum Gasteiger partial charge on any atom is 0.254 e. The third kappa shape index (κ3) is 5.04. The number of benzene rings is 2. The molecule has 0 saturated carbocycles. The smallest absolute Gasteiger partial charge is 0.254 e. The maximum atomic E-state index is 12.9. The number of hydrogen-bond donors (Lipinski definition) is 1. The Labute approximate surface area is 173 Å². The van der Waals surface area contributed by atoms with Gasteiger partial charge in [0.25, 0.3) is 5.91 Å². The molecule has 1 heterocycles. The Bertz CT molecular complexity index is 850. The number of rotatable bonds is 6. The summed E-state index contributed by atoms with van der Waals surface area (Å²) in [6, 6.07) is 18.3. The molecule has 1 aliphatic rings. The van der Waals surface area contributed by atoms with E-state index in [2.05, 4.69) is 29.6 Å². The van der Waals surface area contributed by atoms with Crippen LogP contribution in [0.5, 0.6) is 0 Å². The van der Waals surface area contributed by atoms with Crippen molar-refractivity contribution in [2.24, 2.45) is 5.92 Å². The average Bonchev–Trinajstić information content (AvgIpc) is 2.73. The minimum Gasteiger partial charge on any atom is -0.361 e. The summed E-state index contributed by atoms with van der Waals surface area (Å²) in [5.74, 6) is 0.168. The van der Waals surface area contributed by atoms with E-state index < -0.39 is 5.60 Å². The first kappa shape index (κ1) is 21.1. The van der Waals surface area contributed by atoms with Crippen LogP contribution in [0.1, 0.15) is 25.8 Å². The van der Waals surface area contributed by atoms with Gasteiger partial charge in [-0.1, -0.05) is 68.4 Å². The van der Waals surface area contributed by atoms with Gasteiger partial charge >= 0.3 is 0 Å². The Morgan fingerprint density at radius 3 is 2.52 bits per heavy atom. The van der Waals surface area contributed by atoms with Gasteiger partial charge in [-0.3, -0.25) is 9.59 Å². The van der Waals surface area contributed by atoms with E-state index in [1.54, 1.807) is 11.9 Å². The number of carbonyl (C=O) groups is 2. The summed E-state index contributed by atoms with van der Waals surface area (Å²) in [7, 11) is 1.61. The Morgan fingerprint density at radius 1 is 1.10 bits per heavy atom. The summed E-state index contributed by atoms with van der Waals surface area (Å²) >= 11 is 0. The van der Waals surface area contributed by atoms with Gasteiger partial charge in [0.2, 0.25) is 5.91 Å². The van der Waals surface area contributed by atoms with Gasteiger partial charge in [0.1, 0.15) is 0 Å². The molecule has 0 bridgehead atoms. The minimum absolute atomic E-state index is 0.0783. The number of morpholine rings is 1. The Morgan fingerprint density at radius 2 is 1.83 bits per heavy atom. The van der Waals surface area contributed by atoms with Crippen LogP contribution in [0, 0.1) is 5.92 Å². The highest BCUT2D eigenvalue weighted by atomic mass is 16.5. The number of nitrogens with one attached hydrogen (secondary N) is 1. The molecule has 1 fully saturated rings. The Balaban J connectivity index is 1.86. The quantitative estimate of drug-likeness (QED) is 0.818. The molecule has 154 valence electrons. The van der Waals surface area contributed by atoms with Gasteiger partial charge in [-0.25, -0.2) is 0 Å². The lowest BCUT2D eigenvalue weighted by molar-refractivity contribution is -0.166. The highest BCUT2D eigenvalue weighted by molar-refractivity contribution is 5.87. The van der Waals surface area contributed by atoms with Crippen LogP contribution in [0.4, 0.5) is 0 Å². The van der Waals surface area contributed by atoms with E-state index in [0.29, 0.717) is 26.0 Å². The standard InChI is InChI=1S/C24H30N2O3/c1-18(2)14-22(27)26-12-13-29-24(17-26,23(28)25-3)16-19-8-7-11-21(15-19)20-9-5-4-6-10-20/h4-11,15,18H,12-14,16-17H2,1-3H3,(H,25,28)/t24-/m0/s1. The number of amides is 2. The lowest BCUT2D eigenvalue weighted by Gasteiger charge is -2.41. The van der Waals surface area contributed by atoms with E-state index in [9.17, 15) is 9.59 Å². The van der Waals surface area contributed by atoms with Gasteiger partial charge in [0.05, 0.1) is 13.2 Å². The third-order valence-electron chi connectivity index (χ3n) is 5.29. The van der Waals surface area contributed by atoms with Crippen LogP contribution in [0.25, 0.3) is 11.1 Å². The minimum atomic E-state index is -1.07. The molecule has 5 nitrogen and oxygen atoms in total. The van der Waals surface area contributed by atoms with Gasteiger partial charge in [-0.2, -0.15) is 0 Å². The van der Waals surface area contributed by atoms with Crippen LogP contribution >= 0.6 is 0 Å². The molecular weight excluding hydrogens is 364 g/mol. The SMILES string of the molecule is CNC(=O)[C@]1(Cc2cccc(-c3ccccc3)c2)CN(C(=O)CC(C)C)CCO1. The maximum absolute atomic E-state index is 12.9. The van der Waals surface area contributed by atoms with Crippen molar-refractivity contribution in [3.63, 3.8) is 0 Å². The molecule has 2 amide bonds. The fourth-order valence-electron chi connectivity index (χ4n) is 3.85. The second-order valence-electron chi connectivity index (χ2n) is 8.08. The van der Waals surface area contributed by atoms with Gasteiger partial charge in [0.15, 0.2) is 5.60 Å². The summed E-state index contributed by atoms with van der Waals surface area (Å²) in [6.07, 6.45) is 0.895. The third-order valence-corrected chi connectivity index (χ3v) is 5.29. The van der Waals surface area contributed by atoms with E-state index >= 15 is 0 Å². The molecule has 3 rings (SSSR count). The summed E-state index contributed by atoms with van der Waals surface area (Å²) < 4.78 is 6.05. The normalized spacial score (nSPS) is 19.2. The topological polar surface area (TPSA) is 58.6 Å². The second kappa shape index (κ2) is 9.23. The summed E-state index contributed by atoms with van der Waals surface area (Å²) in [5.41, 5.74) is 2.16.